The average Bonchev–Trinajstić information content (AvgIpc) is 2.38. The number of ether oxygens (including phenoxy) is 1. The van der Waals surface area contributed by atoms with E-state index in [0.717, 1.165) is 0 Å². The highest BCUT2D eigenvalue weighted by molar-refractivity contribution is 7.85. The molecule has 0 saturated heterocycles. The van der Waals surface area contributed by atoms with Gasteiger partial charge in [-0.3, -0.25) is 4.21 Å². The minimum absolute atomic E-state index is 0.189. The second-order valence-corrected chi connectivity index (χ2v) is 6.43. The molecule has 0 aliphatic carbocycles. The van der Waals surface area contributed by atoms with E-state index in [9.17, 15) is 4.21 Å². The summed E-state index contributed by atoms with van der Waals surface area (Å²) in [7, 11) is -0.852. The molecule has 4 heteroatoms. The normalized spacial score (nSPS) is 13.9. The van der Waals surface area contributed by atoms with Gasteiger partial charge in [-0.1, -0.05) is 20.8 Å². The van der Waals surface area contributed by atoms with Crippen LogP contribution in [0.4, 0.5) is 0 Å². The predicted octanol–water partition coefficient (Wildman–Crippen LogP) is 2.73. The van der Waals surface area contributed by atoms with Gasteiger partial charge >= 0.3 is 0 Å². The summed E-state index contributed by atoms with van der Waals surface area (Å²) in [4.78, 5) is 0. The largest absolute Gasteiger partial charge is 0.493 e. The molecule has 2 unspecified atom stereocenters. The molecule has 1 aromatic rings. The molecule has 0 aliphatic heterocycles. The van der Waals surface area contributed by atoms with E-state index in [4.69, 9.17) is 10.00 Å². The number of rotatable bonds is 6. The second-order valence-electron chi connectivity index (χ2n) is 4.52. The first-order chi connectivity index (χ1) is 8.54. The Hall–Kier alpha value is -1.34. The quantitative estimate of drug-likeness (QED) is 0.794. The van der Waals surface area contributed by atoms with E-state index in [0.29, 0.717) is 29.6 Å². The summed E-state index contributed by atoms with van der Waals surface area (Å²) < 4.78 is 17.4. The maximum absolute atomic E-state index is 11.9. The van der Waals surface area contributed by atoms with Crippen molar-refractivity contribution < 1.29 is 8.95 Å². The van der Waals surface area contributed by atoms with Crippen molar-refractivity contribution in [2.24, 2.45) is 5.92 Å². The Morgan fingerprint density at radius 2 is 1.89 bits per heavy atom. The van der Waals surface area contributed by atoms with Crippen LogP contribution in [0, 0.1) is 17.2 Å². The Kier molecular flexibility index (Phi) is 5.87. The maximum atomic E-state index is 11.9. The van der Waals surface area contributed by atoms with Crippen LogP contribution in [0.25, 0.3) is 0 Å². The molecule has 98 valence electrons. The molecule has 0 saturated carbocycles. The molecule has 0 radical (unpaired) electrons. The van der Waals surface area contributed by atoms with Crippen LogP contribution < -0.4 is 4.74 Å². The first-order valence-electron chi connectivity index (χ1n) is 6.04. The predicted molar refractivity (Wildman–Crippen MR) is 74.0 cm³/mol. The summed E-state index contributed by atoms with van der Waals surface area (Å²) in [6, 6.07) is 8.99. The molecular weight excluding hydrogens is 246 g/mol. The summed E-state index contributed by atoms with van der Waals surface area (Å²) in [6.45, 7) is 6.59. The first kappa shape index (κ1) is 14.7. The Balaban J connectivity index is 2.37. The highest BCUT2D eigenvalue weighted by atomic mass is 32.2. The van der Waals surface area contributed by atoms with Gasteiger partial charge in [-0.05, 0) is 30.2 Å². The standard InChI is InChI=1S/C14H19NO2S/c1-11(2)12(3)18(16)9-8-17-14-6-4-13(10-15)5-7-14/h4-7,11-12H,8-9H2,1-3H3. The number of benzene rings is 1. The lowest BCUT2D eigenvalue weighted by atomic mass is 10.2. The van der Waals surface area contributed by atoms with Crippen LogP contribution in [0.1, 0.15) is 26.3 Å². The Labute approximate surface area is 111 Å². The third-order valence-corrected chi connectivity index (χ3v) is 4.83. The molecule has 1 rings (SSSR count). The number of nitriles is 1. The van der Waals surface area contributed by atoms with E-state index in [1.165, 1.54) is 0 Å². The van der Waals surface area contributed by atoms with Crippen molar-refractivity contribution >= 4 is 10.8 Å². The van der Waals surface area contributed by atoms with E-state index >= 15 is 0 Å². The lowest BCUT2D eigenvalue weighted by molar-refractivity contribution is 0.342. The Morgan fingerprint density at radius 3 is 2.39 bits per heavy atom. The molecule has 0 bridgehead atoms. The molecule has 0 spiro atoms. The molecule has 18 heavy (non-hydrogen) atoms. The SMILES string of the molecule is CC(C)C(C)S(=O)CCOc1ccc(C#N)cc1. The zero-order valence-electron chi connectivity index (χ0n) is 11.1. The molecule has 0 aliphatic rings. The molecule has 0 fully saturated rings. The van der Waals surface area contributed by atoms with E-state index < -0.39 is 10.8 Å². The van der Waals surface area contributed by atoms with Crippen LogP contribution in [-0.4, -0.2) is 21.8 Å². The molecule has 0 N–H and O–H groups in total. The first-order valence-corrected chi connectivity index (χ1v) is 7.43. The average molecular weight is 265 g/mol. The zero-order chi connectivity index (χ0) is 13.5. The van der Waals surface area contributed by atoms with Crippen LogP contribution in [0.15, 0.2) is 24.3 Å². The van der Waals surface area contributed by atoms with Crippen LogP contribution in [0.3, 0.4) is 0 Å². The van der Waals surface area contributed by atoms with Crippen molar-refractivity contribution in [1.82, 2.24) is 0 Å². The molecule has 0 aromatic heterocycles. The lowest BCUT2D eigenvalue weighted by Gasteiger charge is -2.15. The van der Waals surface area contributed by atoms with Gasteiger partial charge in [0.25, 0.3) is 0 Å². The second kappa shape index (κ2) is 7.17. The maximum Gasteiger partial charge on any atom is 0.119 e. The van der Waals surface area contributed by atoms with Crippen molar-refractivity contribution in [3.63, 3.8) is 0 Å². The summed E-state index contributed by atoms with van der Waals surface area (Å²) in [5, 5.41) is 8.85. The van der Waals surface area contributed by atoms with Crippen molar-refractivity contribution in [3.8, 4) is 11.8 Å². The van der Waals surface area contributed by atoms with Crippen molar-refractivity contribution in [1.29, 1.82) is 5.26 Å². The summed E-state index contributed by atoms with van der Waals surface area (Å²) in [5.74, 6) is 1.67. The molecular formula is C14H19NO2S. The number of hydrogen-bond donors (Lipinski definition) is 0. The summed E-state index contributed by atoms with van der Waals surface area (Å²) in [6.07, 6.45) is 0. The van der Waals surface area contributed by atoms with Gasteiger partial charge in [-0.25, -0.2) is 0 Å². The fraction of sp³-hybridized carbons (Fsp3) is 0.500. The molecule has 0 heterocycles. The smallest absolute Gasteiger partial charge is 0.119 e. The van der Waals surface area contributed by atoms with Crippen molar-refractivity contribution in [3.05, 3.63) is 29.8 Å². The lowest BCUT2D eigenvalue weighted by Crippen LogP contribution is -2.22. The molecule has 0 amide bonds. The zero-order valence-corrected chi connectivity index (χ0v) is 11.9. The Bertz CT molecular complexity index is 434. The van der Waals surface area contributed by atoms with Gasteiger partial charge < -0.3 is 4.74 Å². The van der Waals surface area contributed by atoms with Crippen LogP contribution in [0.2, 0.25) is 0 Å². The van der Waals surface area contributed by atoms with Crippen LogP contribution in [0.5, 0.6) is 5.75 Å². The summed E-state index contributed by atoms with van der Waals surface area (Å²) >= 11 is 0. The van der Waals surface area contributed by atoms with Gasteiger partial charge in [0.1, 0.15) is 5.75 Å². The van der Waals surface area contributed by atoms with Crippen LogP contribution in [-0.2, 0) is 10.8 Å². The van der Waals surface area contributed by atoms with Gasteiger partial charge in [0.05, 0.1) is 24.0 Å². The van der Waals surface area contributed by atoms with Gasteiger partial charge in [0.15, 0.2) is 0 Å². The highest BCUT2D eigenvalue weighted by Crippen LogP contribution is 2.12. The number of nitrogens with zero attached hydrogens (tertiary/aromatic N) is 1. The molecule has 3 nitrogen and oxygen atoms in total. The third kappa shape index (κ3) is 4.50. The summed E-state index contributed by atoms with van der Waals surface area (Å²) in [5.41, 5.74) is 0.611. The van der Waals surface area contributed by atoms with Crippen molar-refractivity contribution in [2.45, 2.75) is 26.0 Å². The van der Waals surface area contributed by atoms with Crippen LogP contribution >= 0.6 is 0 Å². The molecule has 2 atom stereocenters. The van der Waals surface area contributed by atoms with E-state index in [1.54, 1.807) is 24.3 Å². The van der Waals surface area contributed by atoms with Crippen molar-refractivity contribution in [2.75, 3.05) is 12.4 Å². The fourth-order valence-electron chi connectivity index (χ4n) is 1.36. The van der Waals surface area contributed by atoms with Gasteiger partial charge in [0.2, 0.25) is 0 Å². The van der Waals surface area contributed by atoms with E-state index in [-0.39, 0.29) is 5.25 Å². The van der Waals surface area contributed by atoms with Gasteiger partial charge in [-0.15, -0.1) is 0 Å². The highest BCUT2D eigenvalue weighted by Gasteiger charge is 2.14. The number of hydrogen-bond acceptors (Lipinski definition) is 3. The fourth-order valence-corrected chi connectivity index (χ4v) is 2.58. The minimum atomic E-state index is -0.852. The van der Waals surface area contributed by atoms with E-state index in [2.05, 4.69) is 19.9 Å². The van der Waals surface area contributed by atoms with Gasteiger partial charge in [0, 0.05) is 16.0 Å². The molecule has 1 aromatic carbocycles. The third-order valence-electron chi connectivity index (χ3n) is 2.89. The topological polar surface area (TPSA) is 50.1 Å². The Morgan fingerprint density at radius 1 is 1.28 bits per heavy atom. The van der Waals surface area contributed by atoms with E-state index in [1.807, 2.05) is 6.92 Å². The minimum Gasteiger partial charge on any atom is -0.493 e. The monoisotopic (exact) mass is 265 g/mol. The van der Waals surface area contributed by atoms with Gasteiger partial charge in [-0.2, -0.15) is 5.26 Å².